The Morgan fingerprint density at radius 1 is 1.30 bits per heavy atom. The smallest absolute Gasteiger partial charge is 0.318 e. The van der Waals surface area contributed by atoms with Crippen LogP contribution in [0.3, 0.4) is 0 Å². The molecule has 0 bridgehead atoms. The number of carboxylic acids is 1. The summed E-state index contributed by atoms with van der Waals surface area (Å²) in [5.41, 5.74) is 0. The van der Waals surface area contributed by atoms with E-state index in [2.05, 4.69) is 0 Å². The van der Waals surface area contributed by atoms with Crippen molar-refractivity contribution in [1.29, 1.82) is 0 Å². The zero-order valence-corrected chi connectivity index (χ0v) is 12.9. The van der Waals surface area contributed by atoms with E-state index in [0.29, 0.717) is 6.54 Å². The highest BCUT2D eigenvalue weighted by molar-refractivity contribution is 7.89. The maximum Gasteiger partial charge on any atom is 0.318 e. The van der Waals surface area contributed by atoms with Crippen LogP contribution in [0.2, 0.25) is 5.02 Å². The minimum atomic E-state index is -3.87. The van der Waals surface area contributed by atoms with Crippen LogP contribution in [0.5, 0.6) is 0 Å². The molecule has 0 spiro atoms. The number of carbonyl (C=O) groups is 1. The Hall–Kier alpha value is -1.15. The van der Waals surface area contributed by atoms with Gasteiger partial charge in [-0.3, -0.25) is 4.79 Å². The molecule has 0 saturated carbocycles. The van der Waals surface area contributed by atoms with E-state index in [1.54, 1.807) is 25.1 Å². The molecule has 1 aromatic carbocycles. The Balaban J connectivity index is 3.06. The molecule has 8 heteroatoms. The van der Waals surface area contributed by atoms with Gasteiger partial charge in [0.25, 0.3) is 0 Å². The molecule has 1 rings (SSSR count). The zero-order chi connectivity index (χ0) is 15.3. The number of hydrogen-bond acceptors (Lipinski definition) is 4. The molecule has 1 aromatic rings. The van der Waals surface area contributed by atoms with Crippen LogP contribution in [0.15, 0.2) is 29.2 Å². The van der Waals surface area contributed by atoms with E-state index in [-0.39, 0.29) is 16.5 Å². The molecule has 1 N–H and O–H groups in total. The van der Waals surface area contributed by atoms with Gasteiger partial charge in [0.1, 0.15) is 6.54 Å². The molecule has 0 aliphatic carbocycles. The molecule has 0 fully saturated rings. The SMILES string of the molecule is CN(C)CCN(CC(=O)O)S(=O)(=O)c1cccc(Cl)c1. The lowest BCUT2D eigenvalue weighted by molar-refractivity contribution is -0.137. The number of nitrogens with zero attached hydrogens (tertiary/aromatic N) is 2. The second-order valence-electron chi connectivity index (χ2n) is 4.49. The molecular formula is C12H17ClN2O4S. The second kappa shape index (κ2) is 7.03. The van der Waals surface area contributed by atoms with Gasteiger partial charge in [0, 0.05) is 18.1 Å². The minimum absolute atomic E-state index is 0.00925. The standard InChI is InChI=1S/C12H17ClN2O4S/c1-14(2)6-7-15(9-12(16)17)20(18,19)11-5-3-4-10(13)8-11/h3-5,8H,6-7,9H2,1-2H3,(H,16,17). The molecule has 0 unspecified atom stereocenters. The number of hydrogen-bond donors (Lipinski definition) is 1. The lowest BCUT2D eigenvalue weighted by atomic mass is 10.4. The van der Waals surface area contributed by atoms with E-state index in [1.807, 2.05) is 0 Å². The van der Waals surface area contributed by atoms with Crippen LogP contribution in [0.4, 0.5) is 0 Å². The van der Waals surface area contributed by atoms with Gasteiger partial charge in [0.2, 0.25) is 10.0 Å². The Morgan fingerprint density at radius 3 is 2.45 bits per heavy atom. The van der Waals surface area contributed by atoms with E-state index in [1.165, 1.54) is 18.2 Å². The molecule has 0 aliphatic heterocycles. The number of benzene rings is 1. The zero-order valence-electron chi connectivity index (χ0n) is 11.3. The average molecular weight is 321 g/mol. The summed E-state index contributed by atoms with van der Waals surface area (Å²) in [6, 6.07) is 5.77. The van der Waals surface area contributed by atoms with Gasteiger partial charge in [-0.15, -0.1) is 0 Å². The number of carboxylic acid groups (broad SMARTS) is 1. The molecule has 0 amide bonds. The van der Waals surface area contributed by atoms with Crippen LogP contribution in [0.25, 0.3) is 0 Å². The van der Waals surface area contributed by atoms with Crippen molar-refractivity contribution in [2.24, 2.45) is 0 Å². The van der Waals surface area contributed by atoms with Crippen molar-refractivity contribution in [3.05, 3.63) is 29.3 Å². The van der Waals surface area contributed by atoms with Crippen LogP contribution in [-0.2, 0) is 14.8 Å². The average Bonchev–Trinajstić information content (AvgIpc) is 2.33. The van der Waals surface area contributed by atoms with Gasteiger partial charge in [-0.1, -0.05) is 17.7 Å². The predicted molar refractivity (Wildman–Crippen MR) is 76.4 cm³/mol. The molecule has 0 atom stereocenters. The molecule has 112 valence electrons. The lowest BCUT2D eigenvalue weighted by Gasteiger charge is -2.22. The van der Waals surface area contributed by atoms with Crippen LogP contribution >= 0.6 is 11.6 Å². The Labute approximate surface area is 123 Å². The van der Waals surface area contributed by atoms with E-state index in [0.717, 1.165) is 4.31 Å². The Kier molecular flexibility index (Phi) is 5.94. The highest BCUT2D eigenvalue weighted by Crippen LogP contribution is 2.19. The van der Waals surface area contributed by atoms with Crippen LogP contribution in [0, 0.1) is 0 Å². The molecule has 0 heterocycles. The Morgan fingerprint density at radius 2 is 1.95 bits per heavy atom. The van der Waals surface area contributed by atoms with Gasteiger partial charge in [-0.25, -0.2) is 8.42 Å². The molecule has 0 aromatic heterocycles. The van der Waals surface area contributed by atoms with E-state index in [9.17, 15) is 13.2 Å². The van der Waals surface area contributed by atoms with Crippen molar-refractivity contribution >= 4 is 27.6 Å². The van der Waals surface area contributed by atoms with Gasteiger partial charge in [-0.05, 0) is 32.3 Å². The number of halogens is 1. The molecular weight excluding hydrogens is 304 g/mol. The van der Waals surface area contributed by atoms with Gasteiger partial charge >= 0.3 is 5.97 Å². The van der Waals surface area contributed by atoms with Crippen molar-refractivity contribution in [3.8, 4) is 0 Å². The van der Waals surface area contributed by atoms with Gasteiger partial charge in [-0.2, -0.15) is 4.31 Å². The van der Waals surface area contributed by atoms with E-state index >= 15 is 0 Å². The third-order valence-corrected chi connectivity index (χ3v) is 4.62. The normalized spacial score (nSPS) is 12.1. The number of likely N-dealkylation sites (N-methyl/N-ethyl adjacent to an activating group) is 1. The maximum atomic E-state index is 12.4. The predicted octanol–water partition coefficient (Wildman–Crippen LogP) is 0.977. The highest BCUT2D eigenvalue weighted by Gasteiger charge is 2.26. The second-order valence-corrected chi connectivity index (χ2v) is 6.87. The first-order chi connectivity index (χ1) is 9.23. The summed E-state index contributed by atoms with van der Waals surface area (Å²) >= 11 is 5.78. The fourth-order valence-corrected chi connectivity index (χ4v) is 3.21. The van der Waals surface area contributed by atoms with Crippen LogP contribution in [-0.4, -0.2) is 62.4 Å². The molecule has 0 radical (unpaired) electrons. The summed E-state index contributed by atoms with van der Waals surface area (Å²) in [5.74, 6) is -1.20. The number of aliphatic carboxylic acids is 1. The monoisotopic (exact) mass is 320 g/mol. The van der Waals surface area contributed by atoms with Gasteiger partial charge in [0.05, 0.1) is 4.90 Å². The third-order valence-electron chi connectivity index (χ3n) is 2.54. The first-order valence-electron chi connectivity index (χ1n) is 5.85. The highest BCUT2D eigenvalue weighted by atomic mass is 35.5. The largest absolute Gasteiger partial charge is 0.480 e. The summed E-state index contributed by atoms with van der Waals surface area (Å²) in [6.07, 6.45) is 0. The van der Waals surface area contributed by atoms with Gasteiger partial charge in [0.15, 0.2) is 0 Å². The molecule has 0 saturated heterocycles. The summed E-state index contributed by atoms with van der Waals surface area (Å²) in [6.45, 7) is -0.0656. The van der Waals surface area contributed by atoms with E-state index in [4.69, 9.17) is 16.7 Å². The van der Waals surface area contributed by atoms with Crippen LogP contribution in [0.1, 0.15) is 0 Å². The molecule has 6 nitrogen and oxygen atoms in total. The molecule has 0 aliphatic rings. The number of sulfonamides is 1. The topological polar surface area (TPSA) is 77.9 Å². The number of rotatable bonds is 7. The van der Waals surface area contributed by atoms with Crippen molar-refractivity contribution in [1.82, 2.24) is 9.21 Å². The summed E-state index contributed by atoms with van der Waals surface area (Å²) in [4.78, 5) is 12.6. The summed E-state index contributed by atoms with van der Waals surface area (Å²) in [7, 11) is -0.308. The quantitative estimate of drug-likeness (QED) is 0.810. The van der Waals surface area contributed by atoms with Crippen molar-refractivity contribution in [2.75, 3.05) is 33.7 Å². The van der Waals surface area contributed by atoms with Crippen LogP contribution < -0.4 is 0 Å². The fourth-order valence-electron chi connectivity index (χ4n) is 1.52. The maximum absolute atomic E-state index is 12.4. The van der Waals surface area contributed by atoms with Crippen molar-refractivity contribution < 1.29 is 18.3 Å². The summed E-state index contributed by atoms with van der Waals surface area (Å²) in [5, 5.41) is 9.15. The fraction of sp³-hybridized carbons (Fsp3) is 0.417. The third kappa shape index (κ3) is 4.75. The molecule has 20 heavy (non-hydrogen) atoms. The van der Waals surface area contributed by atoms with Crippen molar-refractivity contribution in [3.63, 3.8) is 0 Å². The lowest BCUT2D eigenvalue weighted by Crippen LogP contribution is -2.39. The first kappa shape index (κ1) is 16.9. The van der Waals surface area contributed by atoms with Crippen molar-refractivity contribution in [2.45, 2.75) is 4.90 Å². The van der Waals surface area contributed by atoms with Gasteiger partial charge < -0.3 is 10.0 Å². The summed E-state index contributed by atoms with van der Waals surface area (Å²) < 4.78 is 25.8. The first-order valence-corrected chi connectivity index (χ1v) is 7.67. The Bertz CT molecular complexity index is 575. The van der Waals surface area contributed by atoms with E-state index < -0.39 is 22.5 Å². The minimum Gasteiger partial charge on any atom is -0.480 e.